The van der Waals surface area contributed by atoms with Crippen LogP contribution in [0.15, 0.2) is 29.2 Å². The summed E-state index contributed by atoms with van der Waals surface area (Å²) in [6, 6.07) is 6.17. The van der Waals surface area contributed by atoms with Gasteiger partial charge in [-0.15, -0.1) is 0 Å². The molecule has 0 amide bonds. The van der Waals surface area contributed by atoms with E-state index in [0.717, 1.165) is 13.1 Å². The number of piperidine rings is 1. The number of hydrogen-bond acceptors (Lipinski definition) is 4. The zero-order valence-electron chi connectivity index (χ0n) is 14.2. The minimum absolute atomic E-state index is 0.217. The van der Waals surface area contributed by atoms with Crippen molar-refractivity contribution >= 4 is 10.0 Å². The maximum absolute atomic E-state index is 13.8. The van der Waals surface area contributed by atoms with Crippen LogP contribution in [0, 0.1) is 5.82 Å². The molecule has 1 atom stereocenters. The molecule has 0 aliphatic carbocycles. The van der Waals surface area contributed by atoms with Gasteiger partial charge in [0.2, 0.25) is 10.0 Å². The summed E-state index contributed by atoms with van der Waals surface area (Å²) >= 11 is 0. The van der Waals surface area contributed by atoms with Gasteiger partial charge in [-0.1, -0.05) is 18.6 Å². The quantitative estimate of drug-likeness (QED) is 0.823. The van der Waals surface area contributed by atoms with Gasteiger partial charge in [0.05, 0.1) is 0 Å². The molecule has 2 heterocycles. The average molecular weight is 355 g/mol. The van der Waals surface area contributed by atoms with Crippen molar-refractivity contribution in [3.05, 3.63) is 30.1 Å². The number of likely N-dealkylation sites (N-methyl/N-ethyl adjacent to an activating group) is 1. The molecule has 2 saturated heterocycles. The van der Waals surface area contributed by atoms with Crippen molar-refractivity contribution < 1.29 is 12.8 Å². The first-order valence-electron chi connectivity index (χ1n) is 8.66. The highest BCUT2D eigenvalue weighted by Crippen LogP contribution is 2.21. The van der Waals surface area contributed by atoms with Crippen LogP contribution in [0.25, 0.3) is 0 Å². The lowest BCUT2D eigenvalue weighted by atomic mass is 10.0. The fraction of sp³-hybridized carbons (Fsp3) is 0.647. The minimum atomic E-state index is -3.74. The third-order valence-electron chi connectivity index (χ3n) is 5.18. The van der Waals surface area contributed by atoms with Gasteiger partial charge < -0.3 is 4.90 Å². The van der Waals surface area contributed by atoms with Gasteiger partial charge in [-0.25, -0.2) is 12.8 Å². The molecule has 5 nitrogen and oxygen atoms in total. The van der Waals surface area contributed by atoms with E-state index in [1.54, 1.807) is 6.07 Å². The van der Waals surface area contributed by atoms with Crippen LogP contribution in [0.2, 0.25) is 0 Å². The van der Waals surface area contributed by atoms with Crippen molar-refractivity contribution in [3.8, 4) is 0 Å². The summed E-state index contributed by atoms with van der Waals surface area (Å²) in [6.07, 6.45) is 3.75. The lowest BCUT2D eigenvalue weighted by Gasteiger charge is -2.39. The molecule has 1 aromatic rings. The van der Waals surface area contributed by atoms with E-state index >= 15 is 0 Å². The van der Waals surface area contributed by atoms with Crippen molar-refractivity contribution in [2.24, 2.45) is 0 Å². The second kappa shape index (κ2) is 7.47. The van der Waals surface area contributed by atoms with E-state index in [-0.39, 0.29) is 4.90 Å². The number of likely N-dealkylation sites (tertiary alicyclic amines) is 1. The Morgan fingerprint density at radius 2 is 1.79 bits per heavy atom. The van der Waals surface area contributed by atoms with E-state index in [1.165, 1.54) is 41.8 Å². The van der Waals surface area contributed by atoms with E-state index in [2.05, 4.69) is 16.8 Å². The zero-order chi connectivity index (χ0) is 17.2. The molecule has 2 aliphatic rings. The summed E-state index contributed by atoms with van der Waals surface area (Å²) in [4.78, 5) is 4.52. The summed E-state index contributed by atoms with van der Waals surface area (Å²) in [5.41, 5.74) is 0. The second-order valence-corrected chi connectivity index (χ2v) is 8.67. The number of sulfonamides is 1. The summed E-state index contributed by atoms with van der Waals surface area (Å²) < 4.78 is 40.5. The Labute approximate surface area is 144 Å². The molecule has 2 fully saturated rings. The average Bonchev–Trinajstić information content (AvgIpc) is 2.58. The Kier molecular flexibility index (Phi) is 5.54. The molecule has 0 radical (unpaired) electrons. The Bertz CT molecular complexity index is 660. The van der Waals surface area contributed by atoms with Crippen molar-refractivity contribution in [1.29, 1.82) is 0 Å². The van der Waals surface area contributed by atoms with E-state index in [0.29, 0.717) is 32.2 Å². The molecule has 1 aromatic carbocycles. The van der Waals surface area contributed by atoms with Gasteiger partial charge in [-0.05, 0) is 38.6 Å². The molecule has 0 saturated carbocycles. The lowest BCUT2D eigenvalue weighted by molar-refractivity contribution is 0.106. The van der Waals surface area contributed by atoms with Crippen LogP contribution in [-0.4, -0.2) is 74.9 Å². The van der Waals surface area contributed by atoms with Gasteiger partial charge in [0.15, 0.2) is 0 Å². The number of hydrogen-bond donors (Lipinski definition) is 0. The third-order valence-corrected chi connectivity index (χ3v) is 7.11. The maximum atomic E-state index is 13.8. The van der Waals surface area contributed by atoms with E-state index in [9.17, 15) is 12.8 Å². The maximum Gasteiger partial charge on any atom is 0.246 e. The number of benzene rings is 1. The lowest BCUT2D eigenvalue weighted by Crippen LogP contribution is -2.53. The molecule has 24 heavy (non-hydrogen) atoms. The highest BCUT2D eigenvalue weighted by molar-refractivity contribution is 7.89. The Morgan fingerprint density at radius 1 is 1.08 bits per heavy atom. The van der Waals surface area contributed by atoms with Crippen LogP contribution in [0.3, 0.4) is 0 Å². The first kappa shape index (κ1) is 17.8. The minimum Gasteiger partial charge on any atom is -0.302 e. The van der Waals surface area contributed by atoms with E-state index in [1.807, 2.05) is 0 Å². The molecule has 0 aromatic heterocycles. The summed E-state index contributed by atoms with van der Waals surface area (Å²) in [7, 11) is -1.57. The van der Waals surface area contributed by atoms with E-state index < -0.39 is 15.8 Å². The van der Waals surface area contributed by atoms with Crippen molar-refractivity contribution in [2.75, 3.05) is 46.3 Å². The summed E-state index contributed by atoms with van der Waals surface area (Å²) in [5.74, 6) is -0.677. The highest BCUT2D eigenvalue weighted by atomic mass is 32.2. The SMILES string of the molecule is CN1CCCC[C@H]1CN1CCN(S(=O)(=O)c2ccccc2F)CC1. The number of halogens is 1. The van der Waals surface area contributed by atoms with Crippen LogP contribution >= 0.6 is 0 Å². The predicted molar refractivity (Wildman–Crippen MR) is 91.9 cm³/mol. The van der Waals surface area contributed by atoms with Crippen LogP contribution < -0.4 is 0 Å². The second-order valence-electron chi connectivity index (χ2n) is 6.77. The largest absolute Gasteiger partial charge is 0.302 e. The molecular weight excluding hydrogens is 329 g/mol. The van der Waals surface area contributed by atoms with E-state index in [4.69, 9.17) is 0 Å². The van der Waals surface area contributed by atoms with Gasteiger partial charge in [-0.3, -0.25) is 4.90 Å². The molecule has 0 N–H and O–H groups in total. The fourth-order valence-corrected chi connectivity index (χ4v) is 5.11. The third kappa shape index (κ3) is 3.79. The van der Waals surface area contributed by atoms with Crippen molar-refractivity contribution in [3.63, 3.8) is 0 Å². The predicted octanol–water partition coefficient (Wildman–Crippen LogP) is 1.62. The molecule has 7 heteroatoms. The van der Waals surface area contributed by atoms with Crippen LogP contribution in [0.4, 0.5) is 4.39 Å². The summed E-state index contributed by atoms with van der Waals surface area (Å²) in [6.45, 7) is 4.40. The first-order valence-corrected chi connectivity index (χ1v) is 10.1. The molecule has 0 spiro atoms. The topological polar surface area (TPSA) is 43.9 Å². The molecule has 0 unspecified atom stereocenters. The Hall–Kier alpha value is -1.02. The molecule has 0 bridgehead atoms. The van der Waals surface area contributed by atoms with Crippen LogP contribution in [-0.2, 0) is 10.0 Å². The molecule has 2 aliphatic heterocycles. The number of rotatable bonds is 4. The van der Waals surface area contributed by atoms with Gasteiger partial charge in [-0.2, -0.15) is 4.31 Å². The van der Waals surface area contributed by atoms with Gasteiger partial charge in [0.25, 0.3) is 0 Å². The standard InChI is InChI=1S/C17H26FN3O2S/c1-19-9-5-4-6-15(19)14-20-10-12-21(13-11-20)24(22,23)17-8-3-2-7-16(17)18/h2-3,7-8,15H,4-6,9-14H2,1H3/t15-/m0/s1. The van der Waals surface area contributed by atoms with Crippen LogP contribution in [0.5, 0.6) is 0 Å². The first-order chi connectivity index (χ1) is 11.5. The van der Waals surface area contributed by atoms with Gasteiger partial charge >= 0.3 is 0 Å². The van der Waals surface area contributed by atoms with Crippen LogP contribution in [0.1, 0.15) is 19.3 Å². The highest BCUT2D eigenvalue weighted by Gasteiger charge is 2.31. The molecule has 3 rings (SSSR count). The van der Waals surface area contributed by atoms with Gasteiger partial charge in [0.1, 0.15) is 10.7 Å². The molecular formula is C17H26FN3O2S. The molecule has 134 valence electrons. The smallest absolute Gasteiger partial charge is 0.246 e. The number of piperazine rings is 1. The normalized spacial score (nSPS) is 25.0. The fourth-order valence-electron chi connectivity index (χ4n) is 3.62. The monoisotopic (exact) mass is 355 g/mol. The van der Waals surface area contributed by atoms with Crippen molar-refractivity contribution in [2.45, 2.75) is 30.2 Å². The van der Waals surface area contributed by atoms with Gasteiger partial charge in [0, 0.05) is 38.8 Å². The Morgan fingerprint density at radius 3 is 2.46 bits per heavy atom. The number of nitrogens with zero attached hydrogens (tertiary/aromatic N) is 3. The zero-order valence-corrected chi connectivity index (χ0v) is 15.0. The summed E-state index contributed by atoms with van der Waals surface area (Å²) in [5, 5.41) is 0. The van der Waals surface area contributed by atoms with Crippen molar-refractivity contribution in [1.82, 2.24) is 14.1 Å². The Balaban J connectivity index is 1.59.